The number of hydrogen-bond acceptors (Lipinski definition) is 2. The van der Waals surface area contributed by atoms with Crippen molar-refractivity contribution in [3.05, 3.63) is 70.2 Å². The lowest BCUT2D eigenvalue weighted by molar-refractivity contribution is -0.130. The Morgan fingerprint density at radius 1 is 1.18 bits per heavy atom. The minimum Gasteiger partial charge on any atom is -0.341 e. The summed E-state index contributed by atoms with van der Waals surface area (Å²) in [6.45, 7) is 0.504. The maximum atomic E-state index is 12.2. The average molecular weight is 313 g/mol. The van der Waals surface area contributed by atoms with Crippen LogP contribution in [0.3, 0.4) is 0 Å². The van der Waals surface area contributed by atoms with Crippen molar-refractivity contribution in [2.24, 2.45) is 0 Å². The molecule has 0 aliphatic carbocycles. The molecule has 0 fully saturated rings. The standard InChI is InChI=1S/C18H17ClN2O/c1-21(13-16-6-2-5-15(10-16)12-20)18(22)9-8-14-4-3-7-17(19)11-14/h2-7,10-11H,8-9,13H2,1H3. The Labute approximate surface area is 135 Å². The molecule has 0 heterocycles. The topological polar surface area (TPSA) is 44.1 Å². The average Bonchev–Trinajstić information content (AvgIpc) is 2.52. The Morgan fingerprint density at radius 2 is 1.91 bits per heavy atom. The van der Waals surface area contributed by atoms with Crippen molar-refractivity contribution in [3.63, 3.8) is 0 Å². The molecule has 0 aliphatic rings. The van der Waals surface area contributed by atoms with Crippen LogP contribution in [-0.2, 0) is 17.8 Å². The molecule has 0 saturated carbocycles. The number of carbonyl (C=O) groups is 1. The first-order valence-electron chi connectivity index (χ1n) is 7.06. The third kappa shape index (κ3) is 4.61. The van der Waals surface area contributed by atoms with Gasteiger partial charge < -0.3 is 4.90 Å². The molecule has 0 N–H and O–H groups in total. The largest absolute Gasteiger partial charge is 0.341 e. The molecule has 2 aromatic carbocycles. The predicted molar refractivity (Wildman–Crippen MR) is 87.4 cm³/mol. The third-order valence-electron chi connectivity index (χ3n) is 3.42. The van der Waals surface area contributed by atoms with E-state index in [4.69, 9.17) is 16.9 Å². The Bertz CT molecular complexity index is 706. The summed E-state index contributed by atoms with van der Waals surface area (Å²) in [4.78, 5) is 13.9. The van der Waals surface area contributed by atoms with Gasteiger partial charge in [-0.05, 0) is 41.8 Å². The van der Waals surface area contributed by atoms with E-state index >= 15 is 0 Å². The van der Waals surface area contributed by atoms with Crippen molar-refractivity contribution in [3.8, 4) is 6.07 Å². The van der Waals surface area contributed by atoms with Gasteiger partial charge in [-0.25, -0.2) is 0 Å². The lowest BCUT2D eigenvalue weighted by Crippen LogP contribution is -2.26. The number of amides is 1. The van der Waals surface area contributed by atoms with E-state index in [2.05, 4.69) is 6.07 Å². The zero-order valence-corrected chi connectivity index (χ0v) is 13.2. The molecule has 0 saturated heterocycles. The molecule has 3 nitrogen and oxygen atoms in total. The van der Waals surface area contributed by atoms with Crippen LogP contribution < -0.4 is 0 Å². The molecule has 0 aliphatic heterocycles. The summed E-state index contributed by atoms with van der Waals surface area (Å²) in [5.74, 6) is 0.0716. The van der Waals surface area contributed by atoms with Crippen molar-refractivity contribution in [1.82, 2.24) is 4.90 Å². The van der Waals surface area contributed by atoms with Gasteiger partial charge in [-0.2, -0.15) is 5.26 Å². The molecule has 0 spiro atoms. The van der Waals surface area contributed by atoms with Crippen molar-refractivity contribution in [2.45, 2.75) is 19.4 Å². The lowest BCUT2D eigenvalue weighted by atomic mass is 10.1. The van der Waals surface area contributed by atoms with Crippen LogP contribution in [0.5, 0.6) is 0 Å². The number of rotatable bonds is 5. The van der Waals surface area contributed by atoms with Gasteiger partial charge in [0.05, 0.1) is 11.6 Å². The molecular weight excluding hydrogens is 296 g/mol. The fraction of sp³-hybridized carbons (Fsp3) is 0.222. The van der Waals surface area contributed by atoms with Gasteiger partial charge >= 0.3 is 0 Å². The van der Waals surface area contributed by atoms with Gasteiger partial charge in [0.15, 0.2) is 0 Å². The Kier molecular flexibility index (Phi) is 5.57. The van der Waals surface area contributed by atoms with Crippen LogP contribution in [-0.4, -0.2) is 17.9 Å². The van der Waals surface area contributed by atoms with E-state index in [9.17, 15) is 4.79 Å². The van der Waals surface area contributed by atoms with Crippen molar-refractivity contribution in [2.75, 3.05) is 7.05 Å². The number of aryl methyl sites for hydroxylation is 1. The summed E-state index contributed by atoms with van der Waals surface area (Å²) in [6.07, 6.45) is 1.11. The zero-order chi connectivity index (χ0) is 15.9. The summed E-state index contributed by atoms with van der Waals surface area (Å²) in [6, 6.07) is 17.0. The number of benzene rings is 2. The molecule has 1 amide bonds. The second kappa shape index (κ2) is 7.63. The van der Waals surface area contributed by atoms with Gasteiger partial charge in [-0.15, -0.1) is 0 Å². The first kappa shape index (κ1) is 16.1. The van der Waals surface area contributed by atoms with E-state index in [-0.39, 0.29) is 5.91 Å². The molecular formula is C18H17ClN2O. The maximum Gasteiger partial charge on any atom is 0.222 e. The molecule has 0 unspecified atom stereocenters. The first-order chi connectivity index (χ1) is 10.6. The number of nitrogens with zero attached hydrogens (tertiary/aromatic N) is 2. The Balaban J connectivity index is 1.90. The van der Waals surface area contributed by atoms with E-state index in [0.29, 0.717) is 30.0 Å². The van der Waals surface area contributed by atoms with Gasteiger partial charge in [0, 0.05) is 25.0 Å². The van der Waals surface area contributed by atoms with Crippen LogP contribution in [0.25, 0.3) is 0 Å². The third-order valence-corrected chi connectivity index (χ3v) is 3.65. The van der Waals surface area contributed by atoms with Crippen LogP contribution in [0.2, 0.25) is 5.02 Å². The molecule has 2 aromatic rings. The van der Waals surface area contributed by atoms with Crippen molar-refractivity contribution in [1.29, 1.82) is 5.26 Å². The summed E-state index contributed by atoms with van der Waals surface area (Å²) in [5, 5.41) is 9.58. The summed E-state index contributed by atoms with van der Waals surface area (Å²) < 4.78 is 0. The minimum absolute atomic E-state index is 0.0716. The van der Waals surface area contributed by atoms with E-state index in [1.165, 1.54) is 0 Å². The molecule has 2 rings (SSSR count). The quantitative estimate of drug-likeness (QED) is 0.842. The van der Waals surface area contributed by atoms with Gasteiger partial charge in [0.1, 0.15) is 0 Å². The molecule has 112 valence electrons. The number of halogens is 1. The first-order valence-corrected chi connectivity index (χ1v) is 7.44. The summed E-state index contributed by atoms with van der Waals surface area (Å²) in [7, 11) is 1.78. The zero-order valence-electron chi connectivity index (χ0n) is 12.4. The van der Waals surface area contributed by atoms with Crippen LogP contribution >= 0.6 is 11.6 Å². The van der Waals surface area contributed by atoms with Gasteiger partial charge in [-0.1, -0.05) is 35.9 Å². The summed E-state index contributed by atoms with van der Waals surface area (Å²) in [5.41, 5.74) is 2.62. The van der Waals surface area contributed by atoms with Crippen molar-refractivity contribution < 1.29 is 4.79 Å². The fourth-order valence-corrected chi connectivity index (χ4v) is 2.45. The highest BCUT2D eigenvalue weighted by atomic mass is 35.5. The maximum absolute atomic E-state index is 12.2. The lowest BCUT2D eigenvalue weighted by Gasteiger charge is -2.17. The van der Waals surface area contributed by atoms with E-state index in [1.807, 2.05) is 36.4 Å². The normalized spacial score (nSPS) is 10.0. The van der Waals surface area contributed by atoms with Gasteiger partial charge in [-0.3, -0.25) is 4.79 Å². The van der Waals surface area contributed by atoms with Gasteiger partial charge in [0.25, 0.3) is 0 Å². The minimum atomic E-state index is 0.0716. The summed E-state index contributed by atoms with van der Waals surface area (Å²) >= 11 is 5.94. The highest BCUT2D eigenvalue weighted by Crippen LogP contribution is 2.13. The van der Waals surface area contributed by atoms with E-state index in [1.54, 1.807) is 24.1 Å². The predicted octanol–water partition coefficient (Wildman–Crippen LogP) is 3.80. The van der Waals surface area contributed by atoms with Gasteiger partial charge in [0.2, 0.25) is 5.91 Å². The smallest absolute Gasteiger partial charge is 0.222 e. The highest BCUT2D eigenvalue weighted by molar-refractivity contribution is 6.30. The number of carbonyl (C=O) groups excluding carboxylic acids is 1. The SMILES string of the molecule is CN(Cc1cccc(C#N)c1)C(=O)CCc1cccc(Cl)c1. The molecule has 22 heavy (non-hydrogen) atoms. The van der Waals surface area contributed by atoms with E-state index in [0.717, 1.165) is 11.1 Å². The van der Waals surface area contributed by atoms with E-state index < -0.39 is 0 Å². The number of nitriles is 1. The molecule has 4 heteroatoms. The van der Waals surface area contributed by atoms with Crippen LogP contribution in [0, 0.1) is 11.3 Å². The molecule has 0 bridgehead atoms. The fourth-order valence-electron chi connectivity index (χ4n) is 2.24. The monoisotopic (exact) mass is 312 g/mol. The van der Waals surface area contributed by atoms with Crippen LogP contribution in [0.15, 0.2) is 48.5 Å². The molecule has 0 atom stereocenters. The second-order valence-corrected chi connectivity index (χ2v) is 5.63. The highest BCUT2D eigenvalue weighted by Gasteiger charge is 2.10. The van der Waals surface area contributed by atoms with Crippen LogP contribution in [0.4, 0.5) is 0 Å². The molecule has 0 radical (unpaired) electrons. The second-order valence-electron chi connectivity index (χ2n) is 5.19. The van der Waals surface area contributed by atoms with Crippen molar-refractivity contribution >= 4 is 17.5 Å². The Morgan fingerprint density at radius 3 is 2.64 bits per heavy atom. The van der Waals surface area contributed by atoms with Crippen LogP contribution in [0.1, 0.15) is 23.1 Å². The Hall–Kier alpha value is -2.31. The number of hydrogen-bond donors (Lipinski definition) is 0. The molecule has 0 aromatic heterocycles.